The molecule has 2 rings (SSSR count). The Morgan fingerprint density at radius 1 is 1.21 bits per heavy atom. The van der Waals surface area contributed by atoms with E-state index in [9.17, 15) is 8.42 Å². The molecule has 0 bridgehead atoms. The summed E-state index contributed by atoms with van der Waals surface area (Å²) in [6.07, 6.45) is 4.95. The van der Waals surface area contributed by atoms with Crippen LogP contribution in [0.25, 0.3) is 0 Å². The maximum absolute atomic E-state index is 12.1. The summed E-state index contributed by atoms with van der Waals surface area (Å²) in [6, 6.07) is 7.23. The van der Waals surface area contributed by atoms with Gasteiger partial charge < -0.3 is 5.32 Å². The first-order valence-corrected chi connectivity index (χ1v) is 8.74. The Balaban J connectivity index is 2.17. The van der Waals surface area contributed by atoms with Gasteiger partial charge in [-0.2, -0.15) is 0 Å². The van der Waals surface area contributed by atoms with E-state index in [-0.39, 0.29) is 5.75 Å². The zero-order valence-corrected chi connectivity index (χ0v) is 12.6. The molecule has 1 aliphatic carbocycles. The van der Waals surface area contributed by atoms with Crippen molar-refractivity contribution >= 4 is 15.5 Å². The highest BCUT2D eigenvalue weighted by molar-refractivity contribution is 7.91. The second kappa shape index (κ2) is 5.53. The van der Waals surface area contributed by atoms with Gasteiger partial charge in [-0.05, 0) is 36.8 Å². The summed E-state index contributed by atoms with van der Waals surface area (Å²) in [6.45, 7) is 4.78. The molecule has 1 N–H and O–H groups in total. The smallest absolute Gasteiger partial charge is 0.180 e. The minimum absolute atomic E-state index is 0.143. The van der Waals surface area contributed by atoms with Gasteiger partial charge in [0.25, 0.3) is 0 Å². The summed E-state index contributed by atoms with van der Waals surface area (Å²) in [5.74, 6) is 0.143. The fourth-order valence-electron chi connectivity index (χ4n) is 2.65. The summed E-state index contributed by atoms with van der Waals surface area (Å²) in [7, 11) is -3.15. The number of nitrogens with one attached hydrogen (secondary N) is 1. The van der Waals surface area contributed by atoms with Crippen LogP contribution in [0.1, 0.15) is 39.5 Å². The lowest BCUT2D eigenvalue weighted by Gasteiger charge is -2.41. The molecule has 0 amide bonds. The first kappa shape index (κ1) is 14.4. The van der Waals surface area contributed by atoms with Gasteiger partial charge in [-0.15, -0.1) is 0 Å². The highest BCUT2D eigenvalue weighted by Gasteiger charge is 2.35. The molecule has 1 aromatic carbocycles. The van der Waals surface area contributed by atoms with E-state index >= 15 is 0 Å². The van der Waals surface area contributed by atoms with Gasteiger partial charge in [-0.3, -0.25) is 0 Å². The minimum Gasteiger partial charge on any atom is -0.383 e. The van der Waals surface area contributed by atoms with Gasteiger partial charge in [0.05, 0.1) is 16.3 Å². The summed E-state index contributed by atoms with van der Waals surface area (Å²) >= 11 is 0. The average Bonchev–Trinajstić information content (AvgIpc) is 2.38. The van der Waals surface area contributed by atoms with Crippen LogP contribution < -0.4 is 5.32 Å². The van der Waals surface area contributed by atoms with Gasteiger partial charge >= 0.3 is 0 Å². The number of rotatable bonds is 6. The maximum atomic E-state index is 12.1. The first-order valence-electron chi connectivity index (χ1n) is 7.09. The Hall–Kier alpha value is -1.03. The molecule has 1 fully saturated rings. The molecule has 0 heterocycles. The zero-order chi connectivity index (χ0) is 13.9. The Morgan fingerprint density at radius 3 is 2.42 bits per heavy atom. The normalized spacial score (nSPS) is 17.8. The standard InChI is InChI=1S/C15H23NO2S/c1-3-15(10-7-11-15)12-16-13-8-5-6-9-14(13)19(17,18)4-2/h5-6,8-9,16H,3-4,7,10-12H2,1-2H3. The fourth-order valence-corrected chi connectivity index (χ4v) is 3.73. The maximum Gasteiger partial charge on any atom is 0.180 e. The van der Waals surface area contributed by atoms with E-state index in [1.165, 1.54) is 19.3 Å². The molecular formula is C15H23NO2S. The number of anilines is 1. The molecule has 106 valence electrons. The Labute approximate surface area is 116 Å². The topological polar surface area (TPSA) is 46.2 Å². The summed E-state index contributed by atoms with van der Waals surface area (Å²) in [5.41, 5.74) is 1.13. The SMILES string of the molecule is CCC1(CNc2ccccc2S(=O)(=O)CC)CCC1. The van der Waals surface area contributed by atoms with Gasteiger partial charge in [0, 0.05) is 6.54 Å². The van der Waals surface area contributed by atoms with E-state index in [0.717, 1.165) is 18.7 Å². The van der Waals surface area contributed by atoms with Crippen LogP contribution in [0.5, 0.6) is 0 Å². The molecule has 4 heteroatoms. The number of sulfone groups is 1. The lowest BCUT2D eigenvalue weighted by atomic mass is 9.67. The molecule has 1 aliphatic rings. The molecule has 1 saturated carbocycles. The largest absolute Gasteiger partial charge is 0.383 e. The van der Waals surface area contributed by atoms with Crippen LogP contribution in [-0.4, -0.2) is 20.7 Å². The first-order chi connectivity index (χ1) is 9.03. The number of hydrogen-bond acceptors (Lipinski definition) is 3. The lowest BCUT2D eigenvalue weighted by molar-refractivity contribution is 0.145. The van der Waals surface area contributed by atoms with Crippen molar-refractivity contribution in [2.75, 3.05) is 17.6 Å². The van der Waals surface area contributed by atoms with Gasteiger partial charge in [0.15, 0.2) is 9.84 Å². The van der Waals surface area contributed by atoms with Crippen LogP contribution in [0.2, 0.25) is 0 Å². The van der Waals surface area contributed by atoms with Gasteiger partial charge in [0.2, 0.25) is 0 Å². The number of benzene rings is 1. The van der Waals surface area contributed by atoms with Crippen molar-refractivity contribution in [2.24, 2.45) is 5.41 Å². The van der Waals surface area contributed by atoms with E-state index < -0.39 is 9.84 Å². The predicted octanol–water partition coefficient (Wildman–Crippen LogP) is 3.47. The third-order valence-electron chi connectivity index (χ3n) is 4.42. The van der Waals surface area contributed by atoms with Crippen molar-refractivity contribution in [3.63, 3.8) is 0 Å². The Kier molecular flexibility index (Phi) is 4.19. The van der Waals surface area contributed by atoms with Gasteiger partial charge in [0.1, 0.15) is 0 Å². The quantitative estimate of drug-likeness (QED) is 0.868. The molecule has 0 aromatic heterocycles. The van der Waals surface area contributed by atoms with E-state index in [0.29, 0.717) is 10.3 Å². The van der Waals surface area contributed by atoms with Crippen LogP contribution >= 0.6 is 0 Å². The molecule has 0 aliphatic heterocycles. The third-order valence-corrected chi connectivity index (χ3v) is 6.21. The Bertz CT molecular complexity index is 527. The number of hydrogen-bond donors (Lipinski definition) is 1. The second-order valence-electron chi connectivity index (χ2n) is 5.46. The van der Waals surface area contributed by atoms with Crippen molar-refractivity contribution < 1.29 is 8.42 Å². The molecule has 3 nitrogen and oxygen atoms in total. The summed E-state index contributed by atoms with van der Waals surface area (Å²) < 4.78 is 24.1. The van der Waals surface area contributed by atoms with E-state index in [1.807, 2.05) is 12.1 Å². The van der Waals surface area contributed by atoms with Crippen molar-refractivity contribution in [3.05, 3.63) is 24.3 Å². The molecular weight excluding hydrogens is 258 g/mol. The van der Waals surface area contributed by atoms with Crippen LogP contribution in [0.15, 0.2) is 29.2 Å². The number of para-hydroxylation sites is 1. The van der Waals surface area contributed by atoms with Gasteiger partial charge in [-0.25, -0.2) is 8.42 Å². The zero-order valence-electron chi connectivity index (χ0n) is 11.8. The average molecular weight is 281 g/mol. The Morgan fingerprint density at radius 2 is 1.89 bits per heavy atom. The molecule has 0 radical (unpaired) electrons. The van der Waals surface area contributed by atoms with Crippen LogP contribution in [-0.2, 0) is 9.84 Å². The van der Waals surface area contributed by atoms with Crippen LogP contribution in [0.4, 0.5) is 5.69 Å². The predicted molar refractivity (Wildman–Crippen MR) is 79.2 cm³/mol. The van der Waals surface area contributed by atoms with Crippen LogP contribution in [0.3, 0.4) is 0 Å². The minimum atomic E-state index is -3.15. The molecule has 0 atom stereocenters. The van der Waals surface area contributed by atoms with E-state index in [1.54, 1.807) is 19.1 Å². The summed E-state index contributed by atoms with van der Waals surface area (Å²) in [5, 5.41) is 3.37. The highest BCUT2D eigenvalue weighted by Crippen LogP contribution is 2.43. The van der Waals surface area contributed by atoms with Gasteiger partial charge in [-0.1, -0.05) is 32.4 Å². The van der Waals surface area contributed by atoms with Crippen molar-refractivity contribution in [3.8, 4) is 0 Å². The van der Waals surface area contributed by atoms with Crippen molar-refractivity contribution in [1.82, 2.24) is 0 Å². The fraction of sp³-hybridized carbons (Fsp3) is 0.600. The molecule has 0 saturated heterocycles. The molecule has 19 heavy (non-hydrogen) atoms. The van der Waals surface area contributed by atoms with Crippen molar-refractivity contribution in [1.29, 1.82) is 0 Å². The molecule has 1 aromatic rings. The van der Waals surface area contributed by atoms with Crippen LogP contribution in [0, 0.1) is 5.41 Å². The molecule has 0 spiro atoms. The monoisotopic (exact) mass is 281 g/mol. The van der Waals surface area contributed by atoms with E-state index in [4.69, 9.17) is 0 Å². The van der Waals surface area contributed by atoms with E-state index in [2.05, 4.69) is 12.2 Å². The highest BCUT2D eigenvalue weighted by atomic mass is 32.2. The van der Waals surface area contributed by atoms with Crippen molar-refractivity contribution in [2.45, 2.75) is 44.4 Å². The second-order valence-corrected chi connectivity index (χ2v) is 7.71. The lowest BCUT2D eigenvalue weighted by Crippen LogP contribution is -2.36. The molecule has 0 unspecified atom stereocenters. The third kappa shape index (κ3) is 2.94. The summed E-state index contributed by atoms with van der Waals surface area (Å²) in [4.78, 5) is 0.433.